The SMILES string of the molecule is Cn1c2ncccc2n2c[n+]3c(c12)-c1ccccc1C3. The summed E-state index contributed by atoms with van der Waals surface area (Å²) < 4.78 is 6.75. The summed E-state index contributed by atoms with van der Waals surface area (Å²) in [5.41, 5.74) is 7.41. The van der Waals surface area contributed by atoms with Crippen molar-refractivity contribution in [1.29, 1.82) is 0 Å². The predicted molar refractivity (Wildman–Crippen MR) is 76.4 cm³/mol. The zero-order valence-electron chi connectivity index (χ0n) is 11.1. The van der Waals surface area contributed by atoms with E-state index in [-0.39, 0.29) is 0 Å². The first kappa shape index (κ1) is 10.2. The van der Waals surface area contributed by atoms with Gasteiger partial charge in [-0.25, -0.2) is 9.55 Å². The van der Waals surface area contributed by atoms with Gasteiger partial charge in [0.2, 0.25) is 5.69 Å². The Morgan fingerprint density at radius 1 is 1.15 bits per heavy atom. The minimum atomic E-state index is 0.953. The number of fused-ring (bicyclic) bond motifs is 7. The van der Waals surface area contributed by atoms with Crippen molar-refractivity contribution in [2.45, 2.75) is 6.54 Å². The van der Waals surface area contributed by atoms with Crippen molar-refractivity contribution in [2.75, 3.05) is 0 Å². The number of aromatic nitrogens is 4. The third-order valence-electron chi connectivity index (χ3n) is 4.26. The van der Waals surface area contributed by atoms with Crippen molar-refractivity contribution < 1.29 is 4.57 Å². The summed E-state index contributed by atoms with van der Waals surface area (Å²) in [7, 11) is 2.09. The van der Waals surface area contributed by atoms with E-state index >= 15 is 0 Å². The lowest BCUT2D eigenvalue weighted by Gasteiger charge is -1.95. The van der Waals surface area contributed by atoms with E-state index in [1.165, 1.54) is 22.5 Å². The van der Waals surface area contributed by atoms with Crippen LogP contribution in [0.4, 0.5) is 0 Å². The van der Waals surface area contributed by atoms with E-state index in [4.69, 9.17) is 0 Å². The number of hydrogen-bond donors (Lipinski definition) is 0. The average molecular weight is 261 g/mol. The van der Waals surface area contributed by atoms with E-state index in [0.29, 0.717) is 0 Å². The normalized spacial score (nSPS) is 13.1. The summed E-state index contributed by atoms with van der Waals surface area (Å²) in [6, 6.07) is 12.7. The second-order valence-electron chi connectivity index (χ2n) is 5.35. The summed E-state index contributed by atoms with van der Waals surface area (Å²) in [4.78, 5) is 4.50. The first-order valence-electron chi connectivity index (χ1n) is 6.77. The van der Waals surface area contributed by atoms with Gasteiger partial charge in [-0.2, -0.15) is 4.40 Å². The van der Waals surface area contributed by atoms with Gasteiger partial charge in [0.25, 0.3) is 12.0 Å². The molecule has 0 unspecified atom stereocenters. The molecule has 0 atom stereocenters. The number of nitrogens with zero attached hydrogens (tertiary/aromatic N) is 4. The zero-order chi connectivity index (χ0) is 13.3. The highest BCUT2D eigenvalue weighted by Gasteiger charge is 2.32. The smallest absolute Gasteiger partial charge is 0.256 e. The first-order valence-corrected chi connectivity index (χ1v) is 6.77. The van der Waals surface area contributed by atoms with Crippen LogP contribution in [0.3, 0.4) is 0 Å². The van der Waals surface area contributed by atoms with Crippen molar-refractivity contribution in [3.05, 3.63) is 54.5 Å². The molecule has 1 aliphatic rings. The van der Waals surface area contributed by atoms with Crippen LogP contribution in [0.2, 0.25) is 0 Å². The summed E-state index contributed by atoms with van der Waals surface area (Å²) in [5, 5.41) is 0. The average Bonchev–Trinajstić information content (AvgIpc) is 3.08. The van der Waals surface area contributed by atoms with Gasteiger partial charge in [-0.15, -0.1) is 0 Å². The lowest BCUT2D eigenvalue weighted by molar-refractivity contribution is -0.671. The van der Waals surface area contributed by atoms with Crippen LogP contribution in [-0.2, 0) is 13.6 Å². The molecule has 96 valence electrons. The largest absolute Gasteiger partial charge is 0.289 e. The predicted octanol–water partition coefficient (Wildman–Crippen LogP) is 2.14. The molecule has 1 aliphatic heterocycles. The van der Waals surface area contributed by atoms with Gasteiger partial charge in [-0.05, 0) is 12.1 Å². The quantitative estimate of drug-likeness (QED) is 0.392. The lowest BCUT2D eigenvalue weighted by Crippen LogP contribution is -2.29. The Bertz CT molecular complexity index is 990. The highest BCUT2D eigenvalue weighted by Crippen LogP contribution is 2.32. The Balaban J connectivity index is 2.01. The summed E-state index contributed by atoms with van der Waals surface area (Å²) >= 11 is 0. The molecule has 4 nitrogen and oxygen atoms in total. The molecule has 3 aromatic heterocycles. The molecule has 0 bridgehead atoms. The highest BCUT2D eigenvalue weighted by molar-refractivity contribution is 5.85. The standard InChI is InChI=1S/C16H13N4/c1-18-15-13(7-4-8-17-15)20-10-19-9-11-5-2-3-6-12(11)14(19)16(18)20/h2-8,10H,9H2,1H3/q+1. The van der Waals surface area contributed by atoms with Gasteiger partial charge in [-0.3, -0.25) is 4.57 Å². The van der Waals surface area contributed by atoms with Gasteiger partial charge in [0.15, 0.2) is 11.2 Å². The van der Waals surface area contributed by atoms with Gasteiger partial charge in [0, 0.05) is 24.4 Å². The molecule has 1 aromatic carbocycles. The van der Waals surface area contributed by atoms with Crippen LogP contribution in [0.1, 0.15) is 5.56 Å². The molecular formula is C16H13N4+. The Morgan fingerprint density at radius 2 is 2.05 bits per heavy atom. The van der Waals surface area contributed by atoms with Gasteiger partial charge in [-0.1, -0.05) is 24.3 Å². The molecule has 0 fully saturated rings. The van der Waals surface area contributed by atoms with Crippen LogP contribution in [0, 0.1) is 0 Å². The van der Waals surface area contributed by atoms with Crippen molar-refractivity contribution in [3.63, 3.8) is 0 Å². The maximum atomic E-state index is 4.50. The number of hydrogen-bond acceptors (Lipinski definition) is 1. The summed E-state index contributed by atoms with van der Waals surface area (Å²) in [6.45, 7) is 0.953. The molecule has 0 saturated heterocycles. The molecule has 0 N–H and O–H groups in total. The minimum Gasteiger partial charge on any atom is -0.289 e. The van der Waals surface area contributed by atoms with E-state index in [2.05, 4.69) is 62.2 Å². The highest BCUT2D eigenvalue weighted by atomic mass is 15.2. The maximum absolute atomic E-state index is 4.50. The fraction of sp³-hybridized carbons (Fsp3) is 0.125. The molecule has 0 spiro atoms. The summed E-state index contributed by atoms with van der Waals surface area (Å²) in [6.07, 6.45) is 4.04. The second-order valence-corrected chi connectivity index (χ2v) is 5.35. The third kappa shape index (κ3) is 1.04. The molecule has 0 radical (unpaired) electrons. The van der Waals surface area contributed by atoms with E-state index in [0.717, 1.165) is 17.7 Å². The molecule has 0 aliphatic carbocycles. The monoisotopic (exact) mass is 261 g/mol. The number of aryl methyl sites for hydroxylation is 1. The molecule has 4 aromatic rings. The van der Waals surface area contributed by atoms with E-state index < -0.39 is 0 Å². The second kappa shape index (κ2) is 3.28. The van der Waals surface area contributed by atoms with Gasteiger partial charge in [0.1, 0.15) is 6.54 Å². The van der Waals surface area contributed by atoms with Crippen LogP contribution in [0.15, 0.2) is 48.9 Å². The Hall–Kier alpha value is -2.62. The molecule has 4 heteroatoms. The van der Waals surface area contributed by atoms with Crippen LogP contribution >= 0.6 is 0 Å². The minimum absolute atomic E-state index is 0.953. The maximum Gasteiger partial charge on any atom is 0.256 e. The number of rotatable bonds is 0. The number of benzene rings is 1. The van der Waals surface area contributed by atoms with E-state index in [1.54, 1.807) is 0 Å². The van der Waals surface area contributed by atoms with Crippen molar-refractivity contribution >= 4 is 16.8 Å². The van der Waals surface area contributed by atoms with Crippen LogP contribution in [0.5, 0.6) is 0 Å². The van der Waals surface area contributed by atoms with Crippen LogP contribution in [0.25, 0.3) is 28.1 Å². The van der Waals surface area contributed by atoms with Crippen molar-refractivity contribution in [2.24, 2.45) is 7.05 Å². The Kier molecular flexibility index (Phi) is 1.67. The van der Waals surface area contributed by atoms with Crippen LogP contribution in [-0.4, -0.2) is 14.0 Å². The molecule has 0 saturated carbocycles. The zero-order valence-corrected chi connectivity index (χ0v) is 11.1. The molecule has 5 rings (SSSR count). The van der Waals surface area contributed by atoms with Crippen molar-refractivity contribution in [1.82, 2.24) is 14.0 Å². The first-order chi connectivity index (χ1) is 9.84. The van der Waals surface area contributed by atoms with Crippen molar-refractivity contribution in [3.8, 4) is 11.3 Å². The molecular weight excluding hydrogens is 248 g/mol. The van der Waals surface area contributed by atoms with Gasteiger partial charge in [0.05, 0.1) is 0 Å². The molecule has 0 amide bonds. The topological polar surface area (TPSA) is 26.1 Å². The molecule has 4 heterocycles. The Morgan fingerprint density at radius 3 is 3.00 bits per heavy atom. The fourth-order valence-electron chi connectivity index (χ4n) is 3.39. The lowest BCUT2D eigenvalue weighted by atomic mass is 10.1. The number of imidazole rings is 2. The van der Waals surface area contributed by atoms with Crippen LogP contribution < -0.4 is 4.57 Å². The summed E-state index contributed by atoms with van der Waals surface area (Å²) in [5.74, 6) is 0. The number of pyridine rings is 1. The van der Waals surface area contributed by atoms with Gasteiger partial charge >= 0.3 is 0 Å². The van der Waals surface area contributed by atoms with E-state index in [1.807, 2.05) is 12.3 Å². The fourth-order valence-corrected chi connectivity index (χ4v) is 3.39. The van der Waals surface area contributed by atoms with E-state index in [9.17, 15) is 0 Å². The van der Waals surface area contributed by atoms with Gasteiger partial charge < -0.3 is 0 Å². The third-order valence-corrected chi connectivity index (χ3v) is 4.26. The molecule has 20 heavy (non-hydrogen) atoms. The Labute approximate surface area is 115 Å².